The first-order valence-corrected chi connectivity index (χ1v) is 10.2. The molecule has 0 rings (SSSR count). The van der Waals surface area contributed by atoms with E-state index in [9.17, 15) is 9.59 Å². The summed E-state index contributed by atoms with van der Waals surface area (Å²) in [7, 11) is 8.82. The van der Waals surface area contributed by atoms with Gasteiger partial charge in [0, 0.05) is 13.1 Å². The van der Waals surface area contributed by atoms with E-state index in [1.54, 1.807) is 0 Å². The van der Waals surface area contributed by atoms with Crippen LogP contribution >= 0.6 is 0 Å². The number of carbonyl (C=O) groups excluding carboxylic acids is 2. The van der Waals surface area contributed by atoms with Crippen molar-refractivity contribution in [1.82, 2.24) is 10.6 Å². The summed E-state index contributed by atoms with van der Waals surface area (Å²) in [5, 5.41) is 22.7. The van der Waals surface area contributed by atoms with E-state index < -0.39 is 13.2 Å². The molecular formula is C20H42Br2N4O4. The largest absolute Gasteiger partial charge is 1.00 e. The fourth-order valence-corrected chi connectivity index (χ4v) is 2.80. The van der Waals surface area contributed by atoms with Crippen LogP contribution in [0, 0.1) is 0 Å². The standard InChI is InChI=1S/C20H40N4O4.2BrH/c1-23(2,13-7-5-11-21-19(27)17-25)15-9-10-16-24(3,4)14-8-6-12-22-20(28)18-26;;/h9-10,25-26H,5-8,11-18H2,1-4H3;2*1H/b10-9-;;. The highest BCUT2D eigenvalue weighted by Crippen LogP contribution is 2.04. The Bertz CT molecular complexity index is 447. The fourth-order valence-electron chi connectivity index (χ4n) is 2.80. The smallest absolute Gasteiger partial charge is 0.245 e. The lowest BCUT2D eigenvalue weighted by Gasteiger charge is -2.30. The molecule has 0 fully saturated rings. The Hall–Kier alpha value is -0.520. The van der Waals surface area contributed by atoms with E-state index in [4.69, 9.17) is 10.2 Å². The molecule has 0 unspecified atom stereocenters. The molecular weight excluding hydrogens is 520 g/mol. The number of carbonyl (C=O) groups is 2. The van der Waals surface area contributed by atoms with Gasteiger partial charge in [0.25, 0.3) is 0 Å². The van der Waals surface area contributed by atoms with Crippen molar-refractivity contribution < 1.29 is 62.7 Å². The van der Waals surface area contributed by atoms with Crippen molar-refractivity contribution in [2.75, 3.05) is 80.7 Å². The Morgan fingerprint density at radius 2 is 1.03 bits per heavy atom. The maximum Gasteiger partial charge on any atom is 0.245 e. The minimum atomic E-state index is -0.443. The third-order valence-electron chi connectivity index (χ3n) is 4.68. The molecule has 180 valence electrons. The van der Waals surface area contributed by atoms with Gasteiger partial charge in [-0.05, 0) is 37.8 Å². The number of unbranched alkanes of at least 4 members (excludes halogenated alkanes) is 2. The number of hydrogen-bond acceptors (Lipinski definition) is 4. The molecule has 0 spiro atoms. The summed E-state index contributed by atoms with van der Waals surface area (Å²) in [6.07, 6.45) is 8.38. The Kier molecular flexibility index (Phi) is 21.8. The summed E-state index contributed by atoms with van der Waals surface area (Å²) < 4.78 is 1.81. The minimum Gasteiger partial charge on any atom is -1.00 e. The SMILES string of the molecule is C[N+](C)(C/C=C\C[N+](C)(C)CCCCNC(=O)CO)CCCCNC(=O)CO.[Br-].[Br-]. The highest BCUT2D eigenvalue weighted by atomic mass is 79.9. The van der Waals surface area contributed by atoms with Crippen molar-refractivity contribution >= 4 is 11.8 Å². The average molecular weight is 562 g/mol. The van der Waals surface area contributed by atoms with E-state index in [0.717, 1.165) is 60.8 Å². The molecule has 0 saturated carbocycles. The molecule has 0 aliphatic heterocycles. The van der Waals surface area contributed by atoms with Gasteiger partial charge in [-0.1, -0.05) is 0 Å². The predicted molar refractivity (Wildman–Crippen MR) is 111 cm³/mol. The third-order valence-corrected chi connectivity index (χ3v) is 4.68. The molecule has 0 heterocycles. The molecule has 0 aromatic rings. The van der Waals surface area contributed by atoms with Crippen molar-refractivity contribution in [1.29, 1.82) is 0 Å². The van der Waals surface area contributed by atoms with E-state index >= 15 is 0 Å². The molecule has 2 amide bonds. The van der Waals surface area contributed by atoms with Gasteiger partial charge in [0.2, 0.25) is 11.8 Å². The molecule has 0 atom stereocenters. The van der Waals surface area contributed by atoms with Gasteiger partial charge in [0.05, 0.1) is 54.4 Å². The Balaban J connectivity index is -0.00000364. The number of hydrogen-bond donors (Lipinski definition) is 4. The van der Waals surface area contributed by atoms with Gasteiger partial charge in [-0.15, -0.1) is 0 Å². The van der Waals surface area contributed by atoms with Crippen molar-refractivity contribution in [3.8, 4) is 0 Å². The average Bonchev–Trinajstić information content (AvgIpc) is 2.64. The van der Waals surface area contributed by atoms with Gasteiger partial charge in [-0.3, -0.25) is 9.59 Å². The van der Waals surface area contributed by atoms with Crippen LogP contribution in [0.15, 0.2) is 12.2 Å². The van der Waals surface area contributed by atoms with Crippen LogP contribution in [0.25, 0.3) is 0 Å². The quantitative estimate of drug-likeness (QED) is 0.0855. The summed E-state index contributed by atoms with van der Waals surface area (Å²) in [5.74, 6) is -0.625. The molecule has 0 aromatic heterocycles. The van der Waals surface area contributed by atoms with Gasteiger partial charge < -0.3 is 63.8 Å². The summed E-state index contributed by atoms with van der Waals surface area (Å²) in [6, 6.07) is 0. The van der Waals surface area contributed by atoms with Gasteiger partial charge in [-0.2, -0.15) is 0 Å². The monoisotopic (exact) mass is 560 g/mol. The van der Waals surface area contributed by atoms with Crippen LogP contribution in [0.3, 0.4) is 0 Å². The van der Waals surface area contributed by atoms with E-state index in [1.807, 2.05) is 0 Å². The zero-order valence-electron chi connectivity index (χ0n) is 19.0. The first-order chi connectivity index (χ1) is 13.1. The van der Waals surface area contributed by atoms with Crippen molar-refractivity contribution in [3.05, 3.63) is 12.2 Å². The number of aliphatic hydroxyl groups is 2. The Morgan fingerprint density at radius 1 is 0.700 bits per heavy atom. The normalized spacial score (nSPS) is 11.5. The molecule has 10 heteroatoms. The second-order valence-electron chi connectivity index (χ2n) is 8.59. The number of quaternary nitrogens is 2. The second-order valence-corrected chi connectivity index (χ2v) is 8.59. The number of nitrogens with one attached hydrogen (secondary N) is 2. The number of likely N-dealkylation sites (N-methyl/N-ethyl adjacent to an activating group) is 2. The molecule has 0 aromatic carbocycles. The molecule has 30 heavy (non-hydrogen) atoms. The first kappa shape index (κ1) is 34.1. The van der Waals surface area contributed by atoms with Crippen molar-refractivity contribution in [3.63, 3.8) is 0 Å². The molecule has 0 aliphatic carbocycles. The molecule has 4 N–H and O–H groups in total. The highest BCUT2D eigenvalue weighted by molar-refractivity contribution is 5.77. The van der Waals surface area contributed by atoms with Crippen LogP contribution in [-0.2, 0) is 9.59 Å². The predicted octanol–water partition coefficient (Wildman–Crippen LogP) is -6.52. The van der Waals surface area contributed by atoms with Crippen LogP contribution in [0.5, 0.6) is 0 Å². The second kappa shape index (κ2) is 19.2. The lowest BCUT2D eigenvalue weighted by atomic mass is 10.2. The first-order valence-electron chi connectivity index (χ1n) is 10.2. The van der Waals surface area contributed by atoms with Gasteiger partial charge in [0.1, 0.15) is 13.2 Å². The molecule has 0 aliphatic rings. The maximum absolute atomic E-state index is 11.0. The van der Waals surface area contributed by atoms with Gasteiger partial charge in [-0.25, -0.2) is 0 Å². The molecule has 0 saturated heterocycles. The maximum atomic E-state index is 11.0. The van der Waals surface area contributed by atoms with Crippen LogP contribution in [0.4, 0.5) is 0 Å². The van der Waals surface area contributed by atoms with Crippen LogP contribution in [-0.4, -0.2) is 112 Å². The highest BCUT2D eigenvalue weighted by Gasteiger charge is 2.14. The zero-order valence-corrected chi connectivity index (χ0v) is 22.2. The van der Waals surface area contributed by atoms with Crippen LogP contribution in [0.1, 0.15) is 25.7 Å². The van der Waals surface area contributed by atoms with E-state index in [2.05, 4.69) is 51.0 Å². The van der Waals surface area contributed by atoms with Crippen LogP contribution in [0.2, 0.25) is 0 Å². The number of halogens is 2. The van der Waals surface area contributed by atoms with Crippen molar-refractivity contribution in [2.24, 2.45) is 0 Å². The third kappa shape index (κ3) is 20.7. The summed E-state index contributed by atoms with van der Waals surface area (Å²) in [6.45, 7) is 4.36. The lowest BCUT2D eigenvalue weighted by molar-refractivity contribution is -0.887. The van der Waals surface area contributed by atoms with E-state index in [0.29, 0.717) is 13.1 Å². The van der Waals surface area contributed by atoms with E-state index in [1.165, 1.54) is 0 Å². The molecule has 0 bridgehead atoms. The molecule has 0 radical (unpaired) electrons. The zero-order chi connectivity index (χ0) is 21.5. The summed E-state index contributed by atoms with van der Waals surface area (Å²) in [5.41, 5.74) is 0. The Labute approximate surface area is 203 Å². The fraction of sp³-hybridized carbons (Fsp3) is 0.800. The Morgan fingerprint density at radius 3 is 1.33 bits per heavy atom. The number of rotatable bonds is 16. The minimum absolute atomic E-state index is 0. The van der Waals surface area contributed by atoms with Gasteiger partial charge in [0.15, 0.2) is 0 Å². The molecule has 8 nitrogen and oxygen atoms in total. The number of nitrogens with zero attached hydrogens (tertiary/aromatic N) is 2. The lowest BCUT2D eigenvalue weighted by Crippen LogP contribution is -3.00. The number of amides is 2. The topological polar surface area (TPSA) is 98.7 Å². The van der Waals surface area contributed by atoms with E-state index in [-0.39, 0.29) is 45.8 Å². The summed E-state index contributed by atoms with van der Waals surface area (Å²) >= 11 is 0. The van der Waals surface area contributed by atoms with Crippen molar-refractivity contribution in [2.45, 2.75) is 25.7 Å². The van der Waals surface area contributed by atoms with Crippen LogP contribution < -0.4 is 44.6 Å². The number of aliphatic hydroxyl groups excluding tert-OH is 2. The summed E-state index contributed by atoms with van der Waals surface area (Å²) in [4.78, 5) is 21.9. The van der Waals surface area contributed by atoms with Gasteiger partial charge >= 0.3 is 0 Å².